The summed E-state index contributed by atoms with van der Waals surface area (Å²) in [5.74, 6) is 1.83. The molecule has 1 aliphatic rings. The van der Waals surface area contributed by atoms with Gasteiger partial charge in [-0.05, 0) is 19.1 Å². The summed E-state index contributed by atoms with van der Waals surface area (Å²) in [5, 5.41) is 0. The van der Waals surface area contributed by atoms with Crippen molar-refractivity contribution in [3.05, 3.63) is 24.3 Å². The molecule has 0 spiro atoms. The van der Waals surface area contributed by atoms with Crippen molar-refractivity contribution < 1.29 is 9.47 Å². The maximum Gasteiger partial charge on any atom is 0.133 e. The van der Waals surface area contributed by atoms with E-state index in [9.17, 15) is 0 Å². The molecule has 2 unspecified atom stereocenters. The van der Waals surface area contributed by atoms with Gasteiger partial charge in [-0.25, -0.2) is 0 Å². The van der Waals surface area contributed by atoms with Crippen LogP contribution in [0.3, 0.4) is 0 Å². The van der Waals surface area contributed by atoms with Gasteiger partial charge in [-0.15, -0.1) is 11.8 Å². The van der Waals surface area contributed by atoms with Crippen molar-refractivity contribution in [2.45, 2.75) is 24.0 Å². The fourth-order valence-corrected chi connectivity index (χ4v) is 2.70. The van der Waals surface area contributed by atoms with Crippen LogP contribution in [0.25, 0.3) is 0 Å². The lowest BCUT2D eigenvalue weighted by atomic mass is 10.2. The second-order valence-corrected chi connectivity index (χ2v) is 4.80. The predicted molar refractivity (Wildman–Crippen MR) is 66.1 cm³/mol. The van der Waals surface area contributed by atoms with Crippen LogP contribution in [0.1, 0.15) is 6.92 Å². The van der Waals surface area contributed by atoms with E-state index in [1.165, 1.54) is 4.90 Å². The van der Waals surface area contributed by atoms with E-state index >= 15 is 0 Å². The second kappa shape index (κ2) is 5.57. The Morgan fingerprint density at radius 1 is 1.56 bits per heavy atom. The van der Waals surface area contributed by atoms with Gasteiger partial charge in [0, 0.05) is 17.3 Å². The van der Waals surface area contributed by atoms with Crippen molar-refractivity contribution in [2.24, 2.45) is 5.73 Å². The number of thioether (sulfide) groups is 1. The molecular formula is C12H17NO2S. The first kappa shape index (κ1) is 11.8. The summed E-state index contributed by atoms with van der Waals surface area (Å²) in [6, 6.07) is 8.01. The highest BCUT2D eigenvalue weighted by atomic mass is 32.2. The molecule has 16 heavy (non-hydrogen) atoms. The van der Waals surface area contributed by atoms with E-state index in [-0.39, 0.29) is 12.1 Å². The fourth-order valence-electron chi connectivity index (χ4n) is 1.61. The Balaban J connectivity index is 1.97. The standard InChI is InChI=1S/C12H17NO2S/c1-2-14-7-9(13)11-8-16-12-6-4-3-5-10(12)15-11/h3-6,9,11H,2,7-8,13H2,1H3. The van der Waals surface area contributed by atoms with Crippen LogP contribution in [-0.4, -0.2) is 31.1 Å². The molecule has 0 saturated carbocycles. The second-order valence-electron chi connectivity index (χ2n) is 3.74. The van der Waals surface area contributed by atoms with Crippen molar-refractivity contribution in [3.63, 3.8) is 0 Å². The Labute approximate surface area is 100 Å². The molecule has 1 aromatic carbocycles. The molecule has 2 rings (SSSR count). The van der Waals surface area contributed by atoms with E-state index in [0.717, 1.165) is 11.5 Å². The summed E-state index contributed by atoms with van der Waals surface area (Å²) in [6.07, 6.45) is 0.0476. The molecule has 1 aromatic rings. The van der Waals surface area contributed by atoms with Crippen molar-refractivity contribution in [1.29, 1.82) is 0 Å². The molecule has 4 heteroatoms. The molecule has 0 aromatic heterocycles. The number of hydrogen-bond donors (Lipinski definition) is 1. The third kappa shape index (κ3) is 2.70. The average molecular weight is 239 g/mol. The van der Waals surface area contributed by atoms with Crippen molar-refractivity contribution in [2.75, 3.05) is 19.0 Å². The first-order chi connectivity index (χ1) is 7.81. The van der Waals surface area contributed by atoms with Gasteiger partial charge in [0.25, 0.3) is 0 Å². The average Bonchev–Trinajstić information content (AvgIpc) is 2.35. The van der Waals surface area contributed by atoms with Crippen LogP contribution in [0.5, 0.6) is 5.75 Å². The molecule has 88 valence electrons. The molecule has 1 heterocycles. The fraction of sp³-hybridized carbons (Fsp3) is 0.500. The van der Waals surface area contributed by atoms with Crippen LogP contribution in [0.2, 0.25) is 0 Å². The third-order valence-corrected chi connectivity index (χ3v) is 3.67. The zero-order valence-corrected chi connectivity index (χ0v) is 10.2. The van der Waals surface area contributed by atoms with Crippen LogP contribution in [0, 0.1) is 0 Å². The van der Waals surface area contributed by atoms with Crippen LogP contribution < -0.4 is 10.5 Å². The van der Waals surface area contributed by atoms with E-state index < -0.39 is 0 Å². The van der Waals surface area contributed by atoms with Crippen LogP contribution in [-0.2, 0) is 4.74 Å². The van der Waals surface area contributed by atoms with Gasteiger partial charge >= 0.3 is 0 Å². The molecule has 3 nitrogen and oxygen atoms in total. The van der Waals surface area contributed by atoms with Gasteiger partial charge in [-0.3, -0.25) is 0 Å². The number of benzene rings is 1. The predicted octanol–water partition coefficient (Wildman–Crippen LogP) is 1.90. The van der Waals surface area contributed by atoms with Crippen molar-refractivity contribution in [1.82, 2.24) is 0 Å². The van der Waals surface area contributed by atoms with Gasteiger partial charge in [0.15, 0.2) is 0 Å². The molecule has 0 aliphatic carbocycles. The summed E-state index contributed by atoms with van der Waals surface area (Å²) in [5.41, 5.74) is 6.03. The molecule has 2 N–H and O–H groups in total. The number of hydrogen-bond acceptors (Lipinski definition) is 4. The Morgan fingerprint density at radius 2 is 2.38 bits per heavy atom. The maximum atomic E-state index is 6.03. The molecule has 0 saturated heterocycles. The van der Waals surface area contributed by atoms with E-state index in [4.69, 9.17) is 15.2 Å². The minimum absolute atomic E-state index is 0.0476. The largest absolute Gasteiger partial charge is 0.487 e. The van der Waals surface area contributed by atoms with E-state index in [0.29, 0.717) is 13.2 Å². The molecule has 1 aliphatic heterocycles. The first-order valence-electron chi connectivity index (χ1n) is 5.53. The van der Waals surface area contributed by atoms with E-state index in [1.807, 2.05) is 25.1 Å². The Bertz CT molecular complexity index is 346. The van der Waals surface area contributed by atoms with Gasteiger partial charge < -0.3 is 15.2 Å². The molecule has 0 bridgehead atoms. The topological polar surface area (TPSA) is 44.5 Å². The molecule has 0 fully saturated rings. The summed E-state index contributed by atoms with van der Waals surface area (Å²) in [4.78, 5) is 1.20. The number of rotatable bonds is 4. The quantitative estimate of drug-likeness (QED) is 0.871. The number of para-hydroxylation sites is 1. The number of nitrogens with two attached hydrogens (primary N) is 1. The molecule has 0 radical (unpaired) electrons. The van der Waals surface area contributed by atoms with Crippen LogP contribution >= 0.6 is 11.8 Å². The van der Waals surface area contributed by atoms with Gasteiger partial charge in [0.1, 0.15) is 11.9 Å². The van der Waals surface area contributed by atoms with Gasteiger partial charge in [0.2, 0.25) is 0 Å². The Morgan fingerprint density at radius 3 is 3.19 bits per heavy atom. The highest BCUT2D eigenvalue weighted by Gasteiger charge is 2.25. The highest BCUT2D eigenvalue weighted by molar-refractivity contribution is 7.99. The summed E-state index contributed by atoms with van der Waals surface area (Å²) in [6.45, 7) is 3.23. The lowest BCUT2D eigenvalue weighted by Crippen LogP contribution is -2.45. The van der Waals surface area contributed by atoms with Crippen molar-refractivity contribution in [3.8, 4) is 5.75 Å². The van der Waals surface area contributed by atoms with E-state index in [2.05, 4.69) is 6.07 Å². The minimum atomic E-state index is -0.0548. The Kier molecular flexibility index (Phi) is 4.09. The van der Waals surface area contributed by atoms with Crippen LogP contribution in [0.15, 0.2) is 29.2 Å². The third-order valence-electron chi connectivity index (χ3n) is 2.52. The summed E-state index contributed by atoms with van der Waals surface area (Å²) < 4.78 is 11.2. The summed E-state index contributed by atoms with van der Waals surface area (Å²) >= 11 is 1.80. The van der Waals surface area contributed by atoms with Gasteiger partial charge in [-0.1, -0.05) is 12.1 Å². The zero-order chi connectivity index (χ0) is 11.4. The smallest absolute Gasteiger partial charge is 0.133 e. The number of ether oxygens (including phenoxy) is 2. The monoisotopic (exact) mass is 239 g/mol. The normalized spacial score (nSPS) is 21.0. The van der Waals surface area contributed by atoms with E-state index in [1.54, 1.807) is 11.8 Å². The lowest BCUT2D eigenvalue weighted by molar-refractivity contribution is 0.0864. The lowest BCUT2D eigenvalue weighted by Gasteiger charge is -2.29. The first-order valence-corrected chi connectivity index (χ1v) is 6.51. The molecule has 0 amide bonds. The minimum Gasteiger partial charge on any atom is -0.487 e. The SMILES string of the molecule is CCOCC(N)C1CSc2ccccc2O1. The zero-order valence-electron chi connectivity index (χ0n) is 9.39. The van der Waals surface area contributed by atoms with Crippen LogP contribution in [0.4, 0.5) is 0 Å². The van der Waals surface area contributed by atoms with Crippen molar-refractivity contribution >= 4 is 11.8 Å². The highest BCUT2D eigenvalue weighted by Crippen LogP contribution is 2.35. The molecule has 2 atom stereocenters. The number of fused-ring (bicyclic) bond motifs is 1. The molecular weight excluding hydrogens is 222 g/mol. The van der Waals surface area contributed by atoms with Gasteiger partial charge in [0.05, 0.1) is 12.6 Å². The summed E-state index contributed by atoms with van der Waals surface area (Å²) in [7, 11) is 0. The maximum absolute atomic E-state index is 6.03. The Hall–Kier alpha value is -0.710. The van der Waals surface area contributed by atoms with Gasteiger partial charge in [-0.2, -0.15) is 0 Å².